The van der Waals surface area contributed by atoms with Crippen LogP contribution in [0.2, 0.25) is 0 Å². The van der Waals surface area contributed by atoms with Crippen LogP contribution in [0.15, 0.2) is 12.2 Å². The molecule has 1 heteroatoms. The SMILES string of the molecule is C/C=C\CC(C)N(C)C(C)C(CC)CC(C)CCCC. The Labute approximate surface area is 128 Å². The second kappa shape index (κ2) is 11.4. The smallest absolute Gasteiger partial charge is 0.0101 e. The molecule has 0 amide bonds. The number of nitrogens with zero attached hydrogens (tertiary/aromatic N) is 1. The van der Waals surface area contributed by atoms with Gasteiger partial charge in [-0.25, -0.2) is 0 Å². The lowest BCUT2D eigenvalue weighted by molar-refractivity contribution is 0.126. The average Bonchev–Trinajstić information content (AvgIpc) is 2.46. The van der Waals surface area contributed by atoms with Gasteiger partial charge >= 0.3 is 0 Å². The number of hydrogen-bond acceptors (Lipinski definition) is 1. The molecule has 0 radical (unpaired) electrons. The van der Waals surface area contributed by atoms with E-state index in [1.165, 1.54) is 38.5 Å². The minimum Gasteiger partial charge on any atom is -0.300 e. The molecular formula is C19H39N. The molecule has 4 atom stereocenters. The standard InChI is InChI=1S/C19H39N/c1-8-11-13-16(4)15-19(10-3)18(6)20(7)17(5)14-12-9-2/h9,12,16-19H,8,10-11,13-15H2,1-7H3/b12-9-. The fourth-order valence-electron chi connectivity index (χ4n) is 3.13. The van der Waals surface area contributed by atoms with Crippen molar-refractivity contribution in [2.45, 2.75) is 92.2 Å². The lowest BCUT2D eigenvalue weighted by Gasteiger charge is -2.36. The van der Waals surface area contributed by atoms with Gasteiger partial charge in [0.2, 0.25) is 0 Å². The maximum Gasteiger partial charge on any atom is 0.0101 e. The van der Waals surface area contributed by atoms with Crippen LogP contribution in [-0.4, -0.2) is 24.0 Å². The van der Waals surface area contributed by atoms with Crippen LogP contribution in [0.1, 0.15) is 80.1 Å². The lowest BCUT2D eigenvalue weighted by Crippen LogP contribution is -2.41. The van der Waals surface area contributed by atoms with E-state index in [0.29, 0.717) is 12.1 Å². The second-order valence-electron chi connectivity index (χ2n) is 6.71. The first kappa shape index (κ1) is 19.7. The van der Waals surface area contributed by atoms with Gasteiger partial charge in [-0.2, -0.15) is 0 Å². The molecule has 0 saturated carbocycles. The molecule has 4 unspecified atom stereocenters. The quantitative estimate of drug-likeness (QED) is 0.426. The van der Waals surface area contributed by atoms with Gasteiger partial charge in [0.25, 0.3) is 0 Å². The maximum absolute atomic E-state index is 2.58. The van der Waals surface area contributed by atoms with Crippen molar-refractivity contribution < 1.29 is 0 Å². The molecule has 0 aromatic heterocycles. The molecule has 0 aromatic rings. The Balaban J connectivity index is 4.39. The van der Waals surface area contributed by atoms with E-state index in [0.717, 1.165) is 11.8 Å². The third-order valence-corrected chi connectivity index (χ3v) is 5.01. The Morgan fingerprint density at radius 3 is 2.25 bits per heavy atom. The van der Waals surface area contributed by atoms with Gasteiger partial charge in [-0.05, 0) is 52.5 Å². The topological polar surface area (TPSA) is 3.24 Å². The zero-order chi connectivity index (χ0) is 15.5. The van der Waals surface area contributed by atoms with Gasteiger partial charge in [0, 0.05) is 12.1 Å². The molecule has 0 aliphatic rings. The molecule has 0 spiro atoms. The van der Waals surface area contributed by atoms with Gasteiger partial charge in [0.15, 0.2) is 0 Å². The summed E-state index contributed by atoms with van der Waals surface area (Å²) in [6.45, 7) is 14.0. The largest absolute Gasteiger partial charge is 0.300 e. The number of unbranched alkanes of at least 4 members (excludes halogenated alkanes) is 1. The highest BCUT2D eigenvalue weighted by Crippen LogP contribution is 2.26. The van der Waals surface area contributed by atoms with Crippen molar-refractivity contribution in [2.24, 2.45) is 11.8 Å². The molecule has 0 aromatic carbocycles. The summed E-state index contributed by atoms with van der Waals surface area (Å²) in [6.07, 6.45) is 12.4. The zero-order valence-corrected chi connectivity index (χ0v) is 15.2. The summed E-state index contributed by atoms with van der Waals surface area (Å²) in [7, 11) is 2.30. The van der Waals surface area contributed by atoms with E-state index >= 15 is 0 Å². The molecule has 0 saturated heterocycles. The van der Waals surface area contributed by atoms with Gasteiger partial charge in [-0.15, -0.1) is 0 Å². The third kappa shape index (κ3) is 7.47. The summed E-state index contributed by atoms with van der Waals surface area (Å²) in [5.74, 6) is 1.71. The minimum absolute atomic E-state index is 0.640. The molecule has 0 aliphatic heterocycles. The van der Waals surface area contributed by atoms with E-state index in [1.807, 2.05) is 0 Å². The molecule has 20 heavy (non-hydrogen) atoms. The number of rotatable bonds is 11. The second-order valence-corrected chi connectivity index (χ2v) is 6.71. The van der Waals surface area contributed by atoms with E-state index < -0.39 is 0 Å². The van der Waals surface area contributed by atoms with E-state index in [1.54, 1.807) is 0 Å². The van der Waals surface area contributed by atoms with Crippen molar-refractivity contribution >= 4 is 0 Å². The fourth-order valence-corrected chi connectivity index (χ4v) is 3.13. The first-order chi connectivity index (χ1) is 9.47. The Kier molecular flexibility index (Phi) is 11.2. The lowest BCUT2D eigenvalue weighted by atomic mass is 9.85. The highest BCUT2D eigenvalue weighted by molar-refractivity contribution is 4.85. The van der Waals surface area contributed by atoms with Crippen LogP contribution in [-0.2, 0) is 0 Å². The molecule has 0 aliphatic carbocycles. The van der Waals surface area contributed by atoms with Crippen molar-refractivity contribution in [3.8, 4) is 0 Å². The van der Waals surface area contributed by atoms with Gasteiger partial charge in [-0.3, -0.25) is 0 Å². The van der Waals surface area contributed by atoms with Crippen molar-refractivity contribution in [3.05, 3.63) is 12.2 Å². The molecule has 0 rings (SSSR count). The Morgan fingerprint density at radius 1 is 1.10 bits per heavy atom. The average molecular weight is 282 g/mol. The summed E-state index contributed by atoms with van der Waals surface area (Å²) < 4.78 is 0. The van der Waals surface area contributed by atoms with Crippen molar-refractivity contribution in [1.29, 1.82) is 0 Å². The number of hydrogen-bond donors (Lipinski definition) is 0. The normalized spacial score (nSPS) is 18.4. The molecule has 120 valence electrons. The highest BCUT2D eigenvalue weighted by atomic mass is 15.2. The molecule has 0 bridgehead atoms. The Bertz CT molecular complexity index is 246. The highest BCUT2D eigenvalue weighted by Gasteiger charge is 2.23. The summed E-state index contributed by atoms with van der Waals surface area (Å²) in [5.41, 5.74) is 0. The summed E-state index contributed by atoms with van der Waals surface area (Å²) in [6, 6.07) is 1.32. The van der Waals surface area contributed by atoms with Gasteiger partial charge in [0.1, 0.15) is 0 Å². The van der Waals surface area contributed by atoms with Gasteiger partial charge < -0.3 is 4.90 Å². The molecule has 0 fully saturated rings. The molecule has 1 nitrogen and oxygen atoms in total. The van der Waals surface area contributed by atoms with E-state index in [2.05, 4.69) is 65.6 Å². The van der Waals surface area contributed by atoms with Crippen LogP contribution < -0.4 is 0 Å². The first-order valence-corrected chi connectivity index (χ1v) is 8.80. The van der Waals surface area contributed by atoms with Crippen LogP contribution in [0, 0.1) is 11.8 Å². The van der Waals surface area contributed by atoms with Crippen molar-refractivity contribution in [2.75, 3.05) is 7.05 Å². The fraction of sp³-hybridized carbons (Fsp3) is 0.895. The Morgan fingerprint density at radius 2 is 1.75 bits per heavy atom. The predicted molar refractivity (Wildman–Crippen MR) is 93.2 cm³/mol. The van der Waals surface area contributed by atoms with Crippen LogP contribution in [0.25, 0.3) is 0 Å². The first-order valence-electron chi connectivity index (χ1n) is 8.80. The minimum atomic E-state index is 0.640. The summed E-state index contributed by atoms with van der Waals surface area (Å²) >= 11 is 0. The van der Waals surface area contributed by atoms with Crippen LogP contribution in [0.3, 0.4) is 0 Å². The van der Waals surface area contributed by atoms with Crippen LogP contribution in [0.5, 0.6) is 0 Å². The Hall–Kier alpha value is -0.300. The summed E-state index contributed by atoms with van der Waals surface area (Å²) in [4.78, 5) is 2.58. The van der Waals surface area contributed by atoms with E-state index in [9.17, 15) is 0 Å². The van der Waals surface area contributed by atoms with Crippen LogP contribution in [0.4, 0.5) is 0 Å². The van der Waals surface area contributed by atoms with E-state index in [-0.39, 0.29) is 0 Å². The molecule has 0 N–H and O–H groups in total. The van der Waals surface area contributed by atoms with Crippen molar-refractivity contribution in [1.82, 2.24) is 4.90 Å². The molecular weight excluding hydrogens is 242 g/mol. The third-order valence-electron chi connectivity index (χ3n) is 5.01. The van der Waals surface area contributed by atoms with Gasteiger partial charge in [-0.1, -0.05) is 58.6 Å². The van der Waals surface area contributed by atoms with Gasteiger partial charge in [0.05, 0.1) is 0 Å². The predicted octanol–water partition coefficient (Wildman–Crippen LogP) is 5.90. The monoisotopic (exact) mass is 281 g/mol. The number of allylic oxidation sites excluding steroid dienone is 1. The van der Waals surface area contributed by atoms with Crippen LogP contribution >= 0.6 is 0 Å². The molecule has 0 heterocycles. The summed E-state index contributed by atoms with van der Waals surface area (Å²) in [5, 5.41) is 0. The van der Waals surface area contributed by atoms with E-state index in [4.69, 9.17) is 0 Å². The zero-order valence-electron chi connectivity index (χ0n) is 15.2. The maximum atomic E-state index is 2.58. The van der Waals surface area contributed by atoms with Crippen molar-refractivity contribution in [3.63, 3.8) is 0 Å².